The van der Waals surface area contributed by atoms with E-state index in [9.17, 15) is 4.21 Å². The van der Waals surface area contributed by atoms with Crippen molar-refractivity contribution in [3.63, 3.8) is 0 Å². The van der Waals surface area contributed by atoms with Gasteiger partial charge in [0.1, 0.15) is 0 Å². The zero-order chi connectivity index (χ0) is 10.6. The third-order valence-corrected chi connectivity index (χ3v) is 3.79. The molecule has 3 nitrogen and oxygen atoms in total. The van der Waals surface area contributed by atoms with E-state index in [1.165, 1.54) is 0 Å². The van der Waals surface area contributed by atoms with E-state index in [4.69, 9.17) is 0 Å². The number of rotatable bonds is 4. The summed E-state index contributed by atoms with van der Waals surface area (Å²) in [6.45, 7) is 8.69. The van der Waals surface area contributed by atoms with Crippen molar-refractivity contribution in [2.24, 2.45) is 0 Å². The Balaban J connectivity index is 2.36. The number of piperazine rings is 1. The Bertz CT molecular complexity index is 210. The molecule has 0 amide bonds. The van der Waals surface area contributed by atoms with Crippen LogP contribution in [0.1, 0.15) is 20.3 Å². The summed E-state index contributed by atoms with van der Waals surface area (Å²) in [6, 6.07) is 0. The van der Waals surface area contributed by atoms with E-state index in [2.05, 4.69) is 24.1 Å². The van der Waals surface area contributed by atoms with E-state index in [0.717, 1.165) is 38.4 Å². The van der Waals surface area contributed by atoms with E-state index in [1.807, 2.05) is 0 Å². The number of nitrogens with zero attached hydrogens (tertiary/aromatic N) is 1. The van der Waals surface area contributed by atoms with Gasteiger partial charge in [-0.25, -0.2) is 0 Å². The Morgan fingerprint density at radius 3 is 2.86 bits per heavy atom. The van der Waals surface area contributed by atoms with Gasteiger partial charge in [0.25, 0.3) is 0 Å². The molecule has 1 N–H and O–H groups in total. The molecular formula is C10H22N2OS. The lowest BCUT2D eigenvalue weighted by Crippen LogP contribution is -2.58. The van der Waals surface area contributed by atoms with Crippen molar-refractivity contribution < 1.29 is 4.21 Å². The molecule has 0 radical (unpaired) electrons. The zero-order valence-corrected chi connectivity index (χ0v) is 10.3. The second kappa shape index (κ2) is 5.24. The summed E-state index contributed by atoms with van der Waals surface area (Å²) in [7, 11) is -0.656. The quantitative estimate of drug-likeness (QED) is 0.743. The van der Waals surface area contributed by atoms with Gasteiger partial charge in [0.05, 0.1) is 0 Å². The fourth-order valence-corrected chi connectivity index (χ4v) is 2.34. The molecule has 1 aliphatic heterocycles. The molecule has 2 unspecified atom stereocenters. The van der Waals surface area contributed by atoms with Crippen molar-refractivity contribution >= 4 is 10.8 Å². The van der Waals surface area contributed by atoms with Crippen LogP contribution in [-0.4, -0.2) is 52.8 Å². The smallest absolute Gasteiger partial charge is 0.0359 e. The maximum atomic E-state index is 11.0. The Hall–Kier alpha value is 0.0700. The van der Waals surface area contributed by atoms with Crippen molar-refractivity contribution in [2.75, 3.05) is 38.2 Å². The number of nitrogens with one attached hydrogen (secondary N) is 1. The molecule has 0 bridgehead atoms. The average molecular weight is 218 g/mol. The summed E-state index contributed by atoms with van der Waals surface area (Å²) >= 11 is 0. The van der Waals surface area contributed by atoms with Crippen molar-refractivity contribution in [2.45, 2.75) is 25.8 Å². The molecule has 0 aromatic carbocycles. The highest BCUT2D eigenvalue weighted by atomic mass is 32.2. The van der Waals surface area contributed by atoms with Crippen LogP contribution in [0.2, 0.25) is 0 Å². The summed E-state index contributed by atoms with van der Waals surface area (Å²) < 4.78 is 11.0. The fourth-order valence-electron chi connectivity index (χ4n) is 1.83. The lowest BCUT2D eigenvalue weighted by molar-refractivity contribution is 0.147. The summed E-state index contributed by atoms with van der Waals surface area (Å²) in [6.07, 6.45) is 2.93. The first-order chi connectivity index (χ1) is 6.56. The molecular weight excluding hydrogens is 196 g/mol. The first kappa shape index (κ1) is 12.1. The Morgan fingerprint density at radius 2 is 2.29 bits per heavy atom. The Labute approximate surface area is 89.7 Å². The predicted molar refractivity (Wildman–Crippen MR) is 62.1 cm³/mol. The highest BCUT2D eigenvalue weighted by molar-refractivity contribution is 7.84. The minimum absolute atomic E-state index is 0.257. The molecule has 0 saturated carbocycles. The summed E-state index contributed by atoms with van der Waals surface area (Å²) in [5.74, 6) is 0.805. The van der Waals surface area contributed by atoms with Gasteiger partial charge in [-0.1, -0.05) is 6.92 Å². The molecule has 0 aromatic heterocycles. The maximum Gasteiger partial charge on any atom is 0.0359 e. The van der Waals surface area contributed by atoms with E-state index in [1.54, 1.807) is 6.26 Å². The molecule has 1 saturated heterocycles. The van der Waals surface area contributed by atoms with E-state index in [0.29, 0.717) is 0 Å². The fraction of sp³-hybridized carbons (Fsp3) is 1.00. The first-order valence-corrected chi connectivity index (χ1v) is 7.06. The van der Waals surface area contributed by atoms with Gasteiger partial charge in [-0.05, 0) is 13.3 Å². The van der Waals surface area contributed by atoms with Crippen molar-refractivity contribution in [3.8, 4) is 0 Å². The van der Waals surface area contributed by atoms with Crippen molar-refractivity contribution in [3.05, 3.63) is 0 Å². The topological polar surface area (TPSA) is 32.3 Å². The molecule has 0 spiro atoms. The molecule has 4 heteroatoms. The second-order valence-corrected chi connectivity index (χ2v) is 5.95. The molecule has 1 fully saturated rings. The second-order valence-electron chi connectivity index (χ2n) is 4.39. The van der Waals surface area contributed by atoms with Gasteiger partial charge in [0.2, 0.25) is 0 Å². The molecule has 1 aliphatic rings. The van der Waals surface area contributed by atoms with Crippen molar-refractivity contribution in [1.29, 1.82) is 0 Å². The largest absolute Gasteiger partial charge is 0.309 e. The van der Waals surface area contributed by atoms with Crippen LogP contribution in [-0.2, 0) is 10.8 Å². The van der Waals surface area contributed by atoms with Gasteiger partial charge >= 0.3 is 0 Å². The molecule has 1 rings (SSSR count). The summed E-state index contributed by atoms with van der Waals surface area (Å²) in [5.41, 5.74) is 0.257. The monoisotopic (exact) mass is 218 g/mol. The highest BCUT2D eigenvalue weighted by Gasteiger charge is 2.28. The Kier molecular flexibility index (Phi) is 4.54. The third-order valence-electron chi connectivity index (χ3n) is 3.03. The van der Waals surface area contributed by atoms with Crippen LogP contribution in [0.3, 0.4) is 0 Å². The highest BCUT2D eigenvalue weighted by Crippen LogP contribution is 2.14. The predicted octanol–water partition coefficient (Wildman–Crippen LogP) is 0.439. The van der Waals surface area contributed by atoms with Gasteiger partial charge in [0, 0.05) is 54.5 Å². The SMILES string of the molecule is CCC1(C)CN(CCS(C)=O)CCN1. The van der Waals surface area contributed by atoms with Gasteiger partial charge in [-0.15, -0.1) is 0 Å². The molecule has 0 aromatic rings. The lowest BCUT2D eigenvalue weighted by Gasteiger charge is -2.41. The lowest BCUT2D eigenvalue weighted by atomic mass is 9.96. The van der Waals surface area contributed by atoms with Gasteiger partial charge < -0.3 is 5.32 Å². The number of hydrogen-bond donors (Lipinski definition) is 1. The van der Waals surface area contributed by atoms with Crippen LogP contribution in [0.5, 0.6) is 0 Å². The molecule has 84 valence electrons. The van der Waals surface area contributed by atoms with Crippen LogP contribution in [0.4, 0.5) is 0 Å². The minimum atomic E-state index is -0.656. The van der Waals surface area contributed by atoms with E-state index < -0.39 is 10.8 Å². The van der Waals surface area contributed by atoms with E-state index in [-0.39, 0.29) is 5.54 Å². The molecule has 2 atom stereocenters. The average Bonchev–Trinajstić information content (AvgIpc) is 2.15. The minimum Gasteiger partial charge on any atom is -0.309 e. The zero-order valence-electron chi connectivity index (χ0n) is 9.51. The summed E-state index contributed by atoms with van der Waals surface area (Å²) in [5, 5.41) is 3.55. The first-order valence-electron chi connectivity index (χ1n) is 5.33. The number of hydrogen-bond acceptors (Lipinski definition) is 3. The third kappa shape index (κ3) is 3.67. The van der Waals surface area contributed by atoms with Crippen LogP contribution in [0.25, 0.3) is 0 Å². The normalized spacial score (nSPS) is 31.6. The van der Waals surface area contributed by atoms with Crippen molar-refractivity contribution in [1.82, 2.24) is 10.2 Å². The van der Waals surface area contributed by atoms with E-state index >= 15 is 0 Å². The van der Waals surface area contributed by atoms with Gasteiger partial charge in [-0.2, -0.15) is 0 Å². The maximum absolute atomic E-state index is 11.0. The van der Waals surface area contributed by atoms with Crippen LogP contribution < -0.4 is 5.32 Å². The van der Waals surface area contributed by atoms with Crippen LogP contribution >= 0.6 is 0 Å². The summed E-state index contributed by atoms with van der Waals surface area (Å²) in [4.78, 5) is 2.42. The van der Waals surface area contributed by atoms with Gasteiger partial charge in [-0.3, -0.25) is 9.11 Å². The molecule has 0 aliphatic carbocycles. The van der Waals surface area contributed by atoms with Crippen LogP contribution in [0, 0.1) is 0 Å². The molecule has 1 heterocycles. The Morgan fingerprint density at radius 1 is 1.57 bits per heavy atom. The van der Waals surface area contributed by atoms with Crippen LogP contribution in [0.15, 0.2) is 0 Å². The molecule has 14 heavy (non-hydrogen) atoms. The van der Waals surface area contributed by atoms with Gasteiger partial charge in [0.15, 0.2) is 0 Å². The standard InChI is InChI=1S/C10H22N2OS/c1-4-10(2)9-12(6-5-11-10)7-8-14(3)13/h11H,4-9H2,1-3H3.